The number of carboxylic acid groups (broad SMARTS) is 1. The monoisotopic (exact) mass is 483 g/mol. The van der Waals surface area contributed by atoms with E-state index in [-0.39, 0.29) is 31.9 Å². The molecule has 0 bridgehead atoms. The van der Waals surface area contributed by atoms with Crippen LogP contribution in [0.2, 0.25) is 0 Å². The molecule has 12 heteroatoms. The van der Waals surface area contributed by atoms with Gasteiger partial charge in [0.05, 0.1) is 11.1 Å². The number of piperazine rings is 1. The molecule has 0 unspecified atom stereocenters. The minimum Gasteiger partial charge on any atom is -0.476 e. The summed E-state index contributed by atoms with van der Waals surface area (Å²) in [5.74, 6) is -1.64. The fourth-order valence-corrected chi connectivity index (χ4v) is 3.50. The van der Waals surface area contributed by atoms with Gasteiger partial charge in [-0.05, 0) is 49.2 Å². The van der Waals surface area contributed by atoms with E-state index in [4.69, 9.17) is 10.8 Å². The highest BCUT2D eigenvalue weighted by Gasteiger charge is 2.37. The summed E-state index contributed by atoms with van der Waals surface area (Å²) in [6.07, 6.45) is -0.629. The first-order valence-corrected chi connectivity index (χ1v) is 10.8. The van der Waals surface area contributed by atoms with Crippen molar-refractivity contribution in [3.8, 4) is 0 Å². The number of nitrogens with two attached hydrogens (primary N) is 1. The largest absolute Gasteiger partial charge is 0.476 e. The number of benzene rings is 1. The van der Waals surface area contributed by atoms with Crippen molar-refractivity contribution in [2.24, 2.45) is 11.7 Å². The average Bonchev–Trinajstić information content (AvgIpc) is 3.63. The molecule has 3 N–H and O–H groups in total. The van der Waals surface area contributed by atoms with Crippen molar-refractivity contribution in [3.05, 3.63) is 53.0 Å². The molecule has 2 heterocycles. The van der Waals surface area contributed by atoms with Gasteiger partial charge in [0.1, 0.15) is 5.82 Å². The molecule has 1 aliphatic carbocycles. The van der Waals surface area contributed by atoms with Crippen LogP contribution < -0.4 is 10.6 Å². The lowest BCUT2D eigenvalue weighted by atomic mass is 10.0. The second-order valence-electron chi connectivity index (χ2n) is 8.07. The van der Waals surface area contributed by atoms with Crippen LogP contribution in [0.1, 0.15) is 45.7 Å². The molecule has 2 fully saturated rings. The molecule has 4 rings (SSSR count). The van der Waals surface area contributed by atoms with Crippen molar-refractivity contribution in [3.63, 3.8) is 0 Å². The lowest BCUT2D eigenvalue weighted by Gasteiger charge is -2.35. The third-order valence-corrected chi connectivity index (χ3v) is 5.55. The first kappa shape index (κ1) is 25.3. The van der Waals surface area contributed by atoms with Gasteiger partial charge in [0, 0.05) is 26.2 Å². The Hall–Kier alpha value is -3.28. The molecule has 2 aromatic rings. The number of carboxylic acids is 1. The molecule has 0 spiro atoms. The fraction of sp³-hybridized carbons (Fsp3) is 0.455. The molecule has 0 radical (unpaired) electrons. The maximum Gasteiger partial charge on any atom is 0.417 e. The van der Waals surface area contributed by atoms with E-state index in [1.165, 1.54) is 36.3 Å². The number of carbonyl (C=O) groups excluding carboxylic acids is 1. The first-order valence-electron chi connectivity index (χ1n) is 10.8. The normalized spacial score (nSPS) is 16.0. The van der Waals surface area contributed by atoms with Crippen LogP contribution >= 0.6 is 0 Å². The number of aromatic nitrogens is 2. The molecule has 34 heavy (non-hydrogen) atoms. The Labute approximate surface area is 193 Å². The Morgan fingerprint density at radius 3 is 2.21 bits per heavy atom. The van der Waals surface area contributed by atoms with E-state index in [2.05, 4.69) is 10.2 Å². The van der Waals surface area contributed by atoms with E-state index in [0.29, 0.717) is 24.0 Å². The van der Waals surface area contributed by atoms with Gasteiger partial charge in [-0.15, -0.1) is 10.2 Å². The quantitative estimate of drug-likeness (QED) is 0.629. The molecule has 1 aromatic heterocycles. The van der Waals surface area contributed by atoms with Gasteiger partial charge in [-0.1, -0.05) is 12.8 Å². The number of nitrogens with zero attached hydrogens (tertiary/aromatic N) is 4. The van der Waals surface area contributed by atoms with Crippen LogP contribution in [0.3, 0.4) is 0 Å². The number of halogens is 4. The summed E-state index contributed by atoms with van der Waals surface area (Å²) in [6, 6.07) is 4.55. The molecule has 1 aliphatic heterocycles. The van der Waals surface area contributed by atoms with Crippen LogP contribution in [0.25, 0.3) is 0 Å². The van der Waals surface area contributed by atoms with Crippen LogP contribution in [0.15, 0.2) is 30.3 Å². The van der Waals surface area contributed by atoms with Crippen molar-refractivity contribution >= 4 is 17.7 Å². The van der Waals surface area contributed by atoms with Gasteiger partial charge in [0.2, 0.25) is 0 Å². The third-order valence-electron chi connectivity index (χ3n) is 5.55. The summed E-state index contributed by atoms with van der Waals surface area (Å²) in [5, 5.41) is 16.2. The first-order chi connectivity index (χ1) is 16.1. The Balaban J connectivity index is 0.000000469. The van der Waals surface area contributed by atoms with E-state index in [0.717, 1.165) is 12.5 Å². The number of alkyl halides is 3. The SMILES string of the molecule is NCCC1CC1.O=C(O)c1ccc(N2CCN(C(=O)c3cc(F)ccc3C(F)(F)F)CC2)nn1. The Kier molecular flexibility index (Phi) is 8.02. The minimum atomic E-state index is -4.78. The number of hydrogen-bond acceptors (Lipinski definition) is 6. The van der Waals surface area contributed by atoms with Crippen LogP contribution in [-0.4, -0.2) is 64.8 Å². The van der Waals surface area contributed by atoms with Crippen molar-refractivity contribution in [2.45, 2.75) is 25.4 Å². The Morgan fingerprint density at radius 2 is 1.74 bits per heavy atom. The maximum absolute atomic E-state index is 13.4. The van der Waals surface area contributed by atoms with Crippen molar-refractivity contribution < 1.29 is 32.3 Å². The molecule has 184 valence electrons. The average molecular weight is 483 g/mol. The summed E-state index contributed by atoms with van der Waals surface area (Å²) in [6.45, 7) is 1.59. The van der Waals surface area contributed by atoms with Crippen LogP contribution in [-0.2, 0) is 6.18 Å². The molecule has 1 aromatic carbocycles. The number of anilines is 1. The second kappa shape index (κ2) is 10.8. The molecule has 1 saturated carbocycles. The molecular formula is C22H25F4N5O3. The van der Waals surface area contributed by atoms with E-state index in [1.54, 1.807) is 4.90 Å². The number of carbonyl (C=O) groups is 2. The molecule has 0 atom stereocenters. The highest BCUT2D eigenvalue weighted by atomic mass is 19.4. The zero-order valence-corrected chi connectivity index (χ0v) is 18.3. The third kappa shape index (κ3) is 6.62. The van der Waals surface area contributed by atoms with Crippen LogP contribution in [0.4, 0.5) is 23.4 Å². The molecule has 1 saturated heterocycles. The summed E-state index contributed by atoms with van der Waals surface area (Å²) >= 11 is 0. The standard InChI is InChI=1S/C17H14F4N4O3.C5H11N/c18-10-1-2-12(17(19,20)21)11(9-10)15(26)25-7-5-24(6-8-25)14-4-3-13(16(27)28)22-23-14;6-4-3-5-1-2-5/h1-4,9H,5-8H2,(H,27,28);5H,1-4,6H2. The van der Waals surface area contributed by atoms with Crippen molar-refractivity contribution in [1.29, 1.82) is 0 Å². The highest BCUT2D eigenvalue weighted by molar-refractivity contribution is 5.96. The molecule has 2 aliphatic rings. The summed E-state index contributed by atoms with van der Waals surface area (Å²) in [4.78, 5) is 26.3. The van der Waals surface area contributed by atoms with Crippen LogP contribution in [0, 0.1) is 11.7 Å². The summed E-state index contributed by atoms with van der Waals surface area (Å²) in [5.41, 5.74) is 3.14. The van der Waals surface area contributed by atoms with Crippen LogP contribution in [0.5, 0.6) is 0 Å². The predicted molar refractivity (Wildman–Crippen MR) is 115 cm³/mol. The zero-order chi connectivity index (χ0) is 24.9. The number of amides is 1. The van der Waals surface area contributed by atoms with Gasteiger partial charge < -0.3 is 20.6 Å². The van der Waals surface area contributed by atoms with Crippen molar-refractivity contribution in [1.82, 2.24) is 15.1 Å². The zero-order valence-electron chi connectivity index (χ0n) is 18.3. The van der Waals surface area contributed by atoms with Crippen molar-refractivity contribution in [2.75, 3.05) is 37.6 Å². The predicted octanol–water partition coefficient (Wildman–Crippen LogP) is 3.04. The van der Waals surface area contributed by atoms with E-state index >= 15 is 0 Å². The Morgan fingerprint density at radius 1 is 1.06 bits per heavy atom. The number of rotatable bonds is 5. The maximum atomic E-state index is 13.4. The lowest BCUT2D eigenvalue weighted by Crippen LogP contribution is -2.49. The van der Waals surface area contributed by atoms with Gasteiger partial charge in [-0.25, -0.2) is 9.18 Å². The highest BCUT2D eigenvalue weighted by Crippen LogP contribution is 2.33. The topological polar surface area (TPSA) is 113 Å². The summed E-state index contributed by atoms with van der Waals surface area (Å²) < 4.78 is 52.8. The fourth-order valence-electron chi connectivity index (χ4n) is 3.50. The van der Waals surface area contributed by atoms with Gasteiger partial charge in [0.25, 0.3) is 5.91 Å². The smallest absolute Gasteiger partial charge is 0.417 e. The second-order valence-corrected chi connectivity index (χ2v) is 8.07. The molecule has 1 amide bonds. The minimum absolute atomic E-state index is 0.0923. The van der Waals surface area contributed by atoms with E-state index in [1.807, 2.05) is 0 Å². The van der Waals surface area contributed by atoms with E-state index < -0.39 is 35.0 Å². The molecular weight excluding hydrogens is 458 g/mol. The number of aromatic carboxylic acids is 1. The lowest BCUT2D eigenvalue weighted by molar-refractivity contribution is -0.138. The van der Waals surface area contributed by atoms with Gasteiger partial charge in [0.15, 0.2) is 11.5 Å². The molecule has 8 nitrogen and oxygen atoms in total. The van der Waals surface area contributed by atoms with Gasteiger partial charge in [-0.3, -0.25) is 4.79 Å². The Bertz CT molecular complexity index is 1000. The van der Waals surface area contributed by atoms with Gasteiger partial charge in [-0.2, -0.15) is 13.2 Å². The van der Waals surface area contributed by atoms with E-state index in [9.17, 15) is 27.2 Å². The number of hydrogen-bond donors (Lipinski definition) is 2. The van der Waals surface area contributed by atoms with Gasteiger partial charge >= 0.3 is 12.1 Å². The summed E-state index contributed by atoms with van der Waals surface area (Å²) in [7, 11) is 0.